The smallest absolute Gasteiger partial charge is 0.412 e. The van der Waals surface area contributed by atoms with E-state index in [-0.39, 0.29) is 13.2 Å². The van der Waals surface area contributed by atoms with Gasteiger partial charge in [0.1, 0.15) is 13.2 Å². The summed E-state index contributed by atoms with van der Waals surface area (Å²) in [4.78, 5) is 25.6. The molecule has 0 unspecified atom stereocenters. The molecule has 1 fully saturated rings. The zero-order valence-corrected chi connectivity index (χ0v) is 14.0. The minimum Gasteiger partial charge on any atom is -0.468 e. The van der Waals surface area contributed by atoms with Crippen molar-refractivity contribution in [2.45, 2.75) is 25.2 Å². The fourth-order valence-corrected chi connectivity index (χ4v) is 2.64. The fourth-order valence-electron chi connectivity index (χ4n) is 2.64. The molecule has 0 bridgehead atoms. The highest BCUT2D eigenvalue weighted by molar-refractivity contribution is 5.78. The van der Waals surface area contributed by atoms with E-state index in [4.69, 9.17) is 18.9 Å². The van der Waals surface area contributed by atoms with Gasteiger partial charge in [-0.15, -0.1) is 0 Å². The average Bonchev–Trinajstić information content (AvgIpc) is 2.65. The molecule has 0 radical (unpaired) electrons. The van der Waals surface area contributed by atoms with Gasteiger partial charge in [-0.25, -0.2) is 4.79 Å². The Morgan fingerprint density at radius 2 is 1.83 bits per heavy atom. The van der Waals surface area contributed by atoms with Gasteiger partial charge in [0.2, 0.25) is 0 Å². The van der Waals surface area contributed by atoms with E-state index in [0.717, 1.165) is 5.56 Å². The van der Waals surface area contributed by atoms with Crippen LogP contribution in [0.1, 0.15) is 18.4 Å². The first-order valence-electron chi connectivity index (χ1n) is 7.79. The third-order valence-electron chi connectivity index (χ3n) is 4.09. The molecule has 0 aromatic heterocycles. The van der Waals surface area contributed by atoms with Crippen molar-refractivity contribution in [2.75, 3.05) is 34.0 Å². The molecule has 0 spiro atoms. The van der Waals surface area contributed by atoms with E-state index in [9.17, 15) is 9.59 Å². The van der Waals surface area contributed by atoms with Crippen LogP contribution < -0.4 is 0 Å². The largest absolute Gasteiger partial charge is 0.468 e. The van der Waals surface area contributed by atoms with Crippen LogP contribution in [-0.4, -0.2) is 56.7 Å². The molecule has 1 aliphatic heterocycles. The topological polar surface area (TPSA) is 74.3 Å². The van der Waals surface area contributed by atoms with Crippen LogP contribution in [0.3, 0.4) is 0 Å². The number of amides is 1. The Morgan fingerprint density at radius 3 is 2.42 bits per heavy atom. The molecule has 1 aromatic rings. The Kier molecular flexibility index (Phi) is 6.57. The molecule has 0 saturated carbocycles. The number of hydrogen-bond acceptors (Lipinski definition) is 6. The lowest BCUT2D eigenvalue weighted by Crippen LogP contribution is -2.57. The number of carbonyl (C=O) groups is 2. The Morgan fingerprint density at radius 1 is 1.17 bits per heavy atom. The Balaban J connectivity index is 2.11. The SMILES string of the molecule is COC(=O)CN(C(=O)OCc1ccccc1)C1(OC)CCOCC1. The van der Waals surface area contributed by atoms with Gasteiger partial charge >= 0.3 is 12.1 Å². The number of nitrogens with zero attached hydrogens (tertiary/aromatic N) is 1. The van der Waals surface area contributed by atoms with Crippen molar-refractivity contribution in [1.82, 2.24) is 4.90 Å². The van der Waals surface area contributed by atoms with Crippen molar-refractivity contribution < 1.29 is 28.5 Å². The zero-order chi connectivity index (χ0) is 17.4. The average molecular weight is 337 g/mol. The van der Waals surface area contributed by atoms with Crippen LogP contribution in [0.5, 0.6) is 0 Å². The standard InChI is InChI=1S/C17H23NO6/c1-21-15(19)12-18(17(22-2)8-10-23-11-9-17)16(20)24-13-14-6-4-3-5-7-14/h3-7H,8-13H2,1-2H3. The van der Waals surface area contributed by atoms with E-state index < -0.39 is 17.8 Å². The molecule has 132 valence electrons. The van der Waals surface area contributed by atoms with E-state index in [2.05, 4.69) is 0 Å². The highest BCUT2D eigenvalue weighted by atomic mass is 16.6. The predicted octanol–water partition coefficient (Wildman–Crippen LogP) is 1.95. The third-order valence-corrected chi connectivity index (χ3v) is 4.09. The summed E-state index contributed by atoms with van der Waals surface area (Å²) in [6.07, 6.45) is 0.301. The molecule has 7 nitrogen and oxygen atoms in total. The zero-order valence-electron chi connectivity index (χ0n) is 14.0. The second kappa shape index (κ2) is 8.65. The molecule has 24 heavy (non-hydrogen) atoms. The molecule has 0 atom stereocenters. The van der Waals surface area contributed by atoms with E-state index in [1.165, 1.54) is 19.1 Å². The summed E-state index contributed by atoms with van der Waals surface area (Å²) in [7, 11) is 2.79. The van der Waals surface area contributed by atoms with Gasteiger partial charge in [0.15, 0.2) is 5.72 Å². The number of hydrogen-bond donors (Lipinski definition) is 0. The van der Waals surface area contributed by atoms with Crippen molar-refractivity contribution in [3.8, 4) is 0 Å². The maximum absolute atomic E-state index is 12.6. The van der Waals surface area contributed by atoms with Crippen molar-refractivity contribution in [3.63, 3.8) is 0 Å². The summed E-state index contributed by atoms with van der Waals surface area (Å²) in [5.74, 6) is -0.533. The number of ether oxygens (including phenoxy) is 4. The summed E-state index contributed by atoms with van der Waals surface area (Å²) < 4.78 is 21.0. The van der Waals surface area contributed by atoms with E-state index in [1.54, 1.807) is 0 Å². The van der Waals surface area contributed by atoms with Crippen LogP contribution in [-0.2, 0) is 30.3 Å². The predicted molar refractivity (Wildman–Crippen MR) is 85.1 cm³/mol. The molecule has 1 amide bonds. The molecular weight excluding hydrogens is 314 g/mol. The van der Waals surface area contributed by atoms with Crippen LogP contribution >= 0.6 is 0 Å². The van der Waals surface area contributed by atoms with Crippen LogP contribution in [0.25, 0.3) is 0 Å². The van der Waals surface area contributed by atoms with Crippen LogP contribution in [0.4, 0.5) is 4.79 Å². The summed E-state index contributed by atoms with van der Waals surface area (Å²) in [5, 5.41) is 0. The summed E-state index contributed by atoms with van der Waals surface area (Å²) in [5.41, 5.74) is -0.0671. The molecule has 1 saturated heterocycles. The van der Waals surface area contributed by atoms with Crippen LogP contribution in [0, 0.1) is 0 Å². The first-order chi connectivity index (χ1) is 11.6. The number of carbonyl (C=O) groups excluding carboxylic acids is 2. The quantitative estimate of drug-likeness (QED) is 0.583. The lowest BCUT2D eigenvalue weighted by molar-refractivity contribution is -0.180. The minimum absolute atomic E-state index is 0.119. The van der Waals surface area contributed by atoms with Gasteiger partial charge in [0.05, 0.1) is 20.3 Å². The Labute approximate surface area is 141 Å². The van der Waals surface area contributed by atoms with Crippen molar-refractivity contribution >= 4 is 12.1 Å². The lowest BCUT2D eigenvalue weighted by Gasteiger charge is -2.43. The second-order valence-electron chi connectivity index (χ2n) is 5.47. The van der Waals surface area contributed by atoms with Gasteiger partial charge < -0.3 is 18.9 Å². The Bertz CT molecular complexity index is 541. The molecule has 7 heteroatoms. The number of rotatable bonds is 6. The highest BCUT2D eigenvalue weighted by Gasteiger charge is 2.43. The van der Waals surface area contributed by atoms with Gasteiger partial charge in [0, 0.05) is 20.0 Å². The number of methoxy groups -OCH3 is 2. The monoisotopic (exact) mass is 337 g/mol. The molecule has 2 rings (SSSR count). The highest BCUT2D eigenvalue weighted by Crippen LogP contribution is 2.29. The summed E-state index contributed by atoms with van der Waals surface area (Å²) in [6.45, 7) is 0.764. The van der Waals surface area contributed by atoms with Crippen LogP contribution in [0.2, 0.25) is 0 Å². The molecule has 1 heterocycles. The molecule has 0 N–H and O–H groups in total. The third kappa shape index (κ3) is 4.46. The van der Waals surface area contributed by atoms with Gasteiger partial charge in [-0.2, -0.15) is 0 Å². The van der Waals surface area contributed by atoms with Crippen molar-refractivity contribution in [3.05, 3.63) is 35.9 Å². The van der Waals surface area contributed by atoms with E-state index in [0.29, 0.717) is 26.1 Å². The van der Waals surface area contributed by atoms with Crippen molar-refractivity contribution in [2.24, 2.45) is 0 Å². The van der Waals surface area contributed by atoms with Crippen LogP contribution in [0.15, 0.2) is 30.3 Å². The number of esters is 1. The first kappa shape index (κ1) is 18.2. The summed E-state index contributed by atoms with van der Waals surface area (Å²) >= 11 is 0. The normalized spacial score (nSPS) is 16.2. The maximum atomic E-state index is 12.6. The maximum Gasteiger partial charge on any atom is 0.412 e. The van der Waals surface area contributed by atoms with Gasteiger partial charge in [-0.3, -0.25) is 9.69 Å². The summed E-state index contributed by atoms with van der Waals surface area (Å²) in [6, 6.07) is 9.34. The first-order valence-corrected chi connectivity index (χ1v) is 7.79. The van der Waals surface area contributed by atoms with Crippen molar-refractivity contribution in [1.29, 1.82) is 0 Å². The second-order valence-corrected chi connectivity index (χ2v) is 5.47. The number of benzene rings is 1. The minimum atomic E-state index is -0.930. The van der Waals surface area contributed by atoms with Gasteiger partial charge in [-0.05, 0) is 5.56 Å². The van der Waals surface area contributed by atoms with Gasteiger partial charge in [0.25, 0.3) is 0 Å². The Hall–Kier alpha value is -2.12. The molecule has 0 aliphatic carbocycles. The fraction of sp³-hybridized carbons (Fsp3) is 0.529. The van der Waals surface area contributed by atoms with E-state index in [1.807, 2.05) is 30.3 Å². The lowest BCUT2D eigenvalue weighted by atomic mass is 10.0. The van der Waals surface area contributed by atoms with E-state index >= 15 is 0 Å². The molecule has 1 aromatic carbocycles. The van der Waals surface area contributed by atoms with Gasteiger partial charge in [-0.1, -0.05) is 30.3 Å². The molecular formula is C17H23NO6. The molecule has 1 aliphatic rings.